The van der Waals surface area contributed by atoms with Gasteiger partial charge in [-0.1, -0.05) is 5.16 Å². The number of carboxylic acid groups (broad SMARTS) is 1. The second kappa shape index (κ2) is 3.44. The normalized spacial score (nSPS) is 30.4. The number of piperidine rings is 1. The van der Waals surface area contributed by atoms with Crippen molar-refractivity contribution >= 4 is 6.09 Å². The summed E-state index contributed by atoms with van der Waals surface area (Å²) in [4.78, 5) is 16.4. The molecule has 3 rings (SSSR count). The quantitative estimate of drug-likeness (QED) is 0.801. The predicted octanol–water partition coefficient (Wildman–Crippen LogP) is 0.620. The molecule has 2 N–H and O–H groups in total. The summed E-state index contributed by atoms with van der Waals surface area (Å²) in [5.74, 6) is 1.58. The number of aliphatic hydroxyl groups is 1. The molecule has 2 heterocycles. The first-order valence-electron chi connectivity index (χ1n) is 5.92. The van der Waals surface area contributed by atoms with E-state index in [1.807, 2.05) is 0 Å². The van der Waals surface area contributed by atoms with Crippen molar-refractivity contribution in [3.8, 4) is 0 Å². The number of carbonyl (C=O) groups is 1. The number of amides is 1. The molecule has 1 aromatic heterocycles. The molecule has 1 aromatic rings. The average molecular weight is 253 g/mol. The first kappa shape index (κ1) is 11.5. The molecule has 2 aliphatic rings. The fourth-order valence-corrected chi connectivity index (χ4v) is 2.68. The maximum absolute atomic E-state index is 10.8. The zero-order valence-electron chi connectivity index (χ0n) is 10.2. The minimum absolute atomic E-state index is 0.181. The summed E-state index contributed by atoms with van der Waals surface area (Å²) in [6.07, 6.45) is -0.869. The standard InChI is InChI=1S/C11H15N3O4/c1-11(2,17)9-12-8(13-18-9)7-5-3-14(10(15)16)4-6(5)7/h5-7,17H,3-4H2,1-2H3,(H,15,16)/t5-,6+,7+. The smallest absolute Gasteiger partial charge is 0.407 e. The van der Waals surface area contributed by atoms with Crippen LogP contribution < -0.4 is 0 Å². The second-order valence-corrected chi connectivity index (χ2v) is 5.56. The molecule has 3 atom stereocenters. The zero-order valence-corrected chi connectivity index (χ0v) is 10.2. The number of nitrogens with zero attached hydrogens (tertiary/aromatic N) is 3. The van der Waals surface area contributed by atoms with Gasteiger partial charge < -0.3 is 19.6 Å². The fraction of sp³-hybridized carbons (Fsp3) is 0.727. The van der Waals surface area contributed by atoms with Crippen LogP contribution in [0.5, 0.6) is 0 Å². The maximum atomic E-state index is 10.8. The molecule has 18 heavy (non-hydrogen) atoms. The summed E-state index contributed by atoms with van der Waals surface area (Å²) in [5, 5.41) is 22.5. The van der Waals surface area contributed by atoms with E-state index in [2.05, 4.69) is 10.1 Å². The van der Waals surface area contributed by atoms with Gasteiger partial charge in [0.15, 0.2) is 5.82 Å². The van der Waals surface area contributed by atoms with E-state index in [1.54, 1.807) is 13.8 Å². The van der Waals surface area contributed by atoms with Crippen LogP contribution in [0.25, 0.3) is 0 Å². The number of hydrogen-bond donors (Lipinski definition) is 2. The van der Waals surface area contributed by atoms with E-state index in [-0.39, 0.29) is 11.8 Å². The molecule has 7 heteroatoms. The highest BCUT2D eigenvalue weighted by molar-refractivity contribution is 5.66. The molecule has 1 aliphatic carbocycles. The minimum Gasteiger partial charge on any atom is -0.465 e. The molecule has 0 unspecified atom stereocenters. The van der Waals surface area contributed by atoms with E-state index in [1.165, 1.54) is 4.90 Å². The molecule has 1 saturated heterocycles. The van der Waals surface area contributed by atoms with Crippen molar-refractivity contribution in [2.45, 2.75) is 25.4 Å². The number of hydrogen-bond acceptors (Lipinski definition) is 5. The van der Waals surface area contributed by atoms with Gasteiger partial charge in [-0.3, -0.25) is 0 Å². The van der Waals surface area contributed by atoms with Crippen LogP contribution in [0.4, 0.5) is 4.79 Å². The summed E-state index contributed by atoms with van der Waals surface area (Å²) >= 11 is 0. The van der Waals surface area contributed by atoms with Gasteiger partial charge in [0.05, 0.1) is 0 Å². The fourth-order valence-electron chi connectivity index (χ4n) is 2.68. The van der Waals surface area contributed by atoms with E-state index < -0.39 is 11.7 Å². The van der Waals surface area contributed by atoms with Crippen LogP contribution in [0.15, 0.2) is 4.52 Å². The average Bonchev–Trinajstić information content (AvgIpc) is 2.75. The van der Waals surface area contributed by atoms with Crippen molar-refractivity contribution in [1.29, 1.82) is 0 Å². The predicted molar refractivity (Wildman–Crippen MR) is 58.9 cm³/mol. The summed E-state index contributed by atoms with van der Waals surface area (Å²) in [5.41, 5.74) is -1.14. The van der Waals surface area contributed by atoms with Crippen molar-refractivity contribution in [1.82, 2.24) is 15.0 Å². The summed E-state index contributed by atoms with van der Waals surface area (Å²) in [6.45, 7) is 4.25. The lowest BCUT2D eigenvalue weighted by Gasteiger charge is -2.14. The molecular formula is C11H15N3O4. The van der Waals surface area contributed by atoms with Gasteiger partial charge in [0.1, 0.15) is 5.60 Å². The van der Waals surface area contributed by atoms with Gasteiger partial charge in [-0.05, 0) is 25.7 Å². The van der Waals surface area contributed by atoms with Gasteiger partial charge in [0.25, 0.3) is 5.89 Å². The Morgan fingerprint density at radius 2 is 2.06 bits per heavy atom. The van der Waals surface area contributed by atoms with Crippen molar-refractivity contribution in [2.75, 3.05) is 13.1 Å². The van der Waals surface area contributed by atoms with Gasteiger partial charge in [0, 0.05) is 19.0 Å². The summed E-state index contributed by atoms with van der Waals surface area (Å²) < 4.78 is 5.03. The zero-order chi connectivity index (χ0) is 13.1. The van der Waals surface area contributed by atoms with Gasteiger partial charge in [-0.15, -0.1) is 0 Å². The van der Waals surface area contributed by atoms with Crippen molar-refractivity contribution < 1.29 is 19.5 Å². The van der Waals surface area contributed by atoms with Crippen LogP contribution in [0, 0.1) is 11.8 Å². The molecule has 0 bridgehead atoms. The minimum atomic E-state index is -1.14. The molecular weight excluding hydrogens is 238 g/mol. The largest absolute Gasteiger partial charge is 0.465 e. The van der Waals surface area contributed by atoms with Crippen LogP contribution in [-0.2, 0) is 5.60 Å². The third-order valence-corrected chi connectivity index (χ3v) is 3.73. The highest BCUT2D eigenvalue weighted by atomic mass is 16.5. The third-order valence-electron chi connectivity index (χ3n) is 3.73. The van der Waals surface area contributed by atoms with Gasteiger partial charge in [0.2, 0.25) is 0 Å². The molecule has 2 fully saturated rings. The molecule has 7 nitrogen and oxygen atoms in total. The molecule has 1 amide bonds. The molecule has 98 valence electrons. The van der Waals surface area contributed by atoms with Crippen LogP contribution in [-0.4, -0.2) is 44.4 Å². The Labute approximate surface area is 103 Å². The van der Waals surface area contributed by atoms with Crippen LogP contribution in [0.3, 0.4) is 0 Å². The Kier molecular flexibility index (Phi) is 2.19. The monoisotopic (exact) mass is 253 g/mol. The first-order chi connectivity index (χ1) is 8.38. The van der Waals surface area contributed by atoms with Crippen LogP contribution >= 0.6 is 0 Å². The van der Waals surface area contributed by atoms with E-state index in [0.717, 1.165) is 0 Å². The second-order valence-electron chi connectivity index (χ2n) is 5.56. The van der Waals surface area contributed by atoms with Crippen molar-refractivity contribution in [2.24, 2.45) is 11.8 Å². The Bertz CT molecular complexity index is 481. The topological polar surface area (TPSA) is 99.7 Å². The van der Waals surface area contributed by atoms with Gasteiger partial charge in [-0.25, -0.2) is 4.79 Å². The lowest BCUT2D eigenvalue weighted by Crippen LogP contribution is -2.29. The SMILES string of the molecule is CC(C)(O)c1nc([C@H]2[C@@H]3CN(C(=O)O)C[C@@H]32)no1. The number of rotatable bonds is 2. The van der Waals surface area contributed by atoms with E-state index >= 15 is 0 Å². The molecule has 0 spiro atoms. The van der Waals surface area contributed by atoms with Crippen LogP contribution in [0.2, 0.25) is 0 Å². The molecule has 1 saturated carbocycles. The van der Waals surface area contributed by atoms with Gasteiger partial charge in [-0.2, -0.15) is 4.98 Å². The van der Waals surface area contributed by atoms with Crippen molar-refractivity contribution in [3.05, 3.63) is 11.7 Å². The van der Waals surface area contributed by atoms with E-state index in [0.29, 0.717) is 30.7 Å². The Morgan fingerprint density at radius 1 is 1.44 bits per heavy atom. The Balaban J connectivity index is 1.70. The number of aromatic nitrogens is 2. The Hall–Kier alpha value is -1.63. The summed E-state index contributed by atoms with van der Waals surface area (Å²) in [6, 6.07) is 0. The number of fused-ring (bicyclic) bond motifs is 1. The highest BCUT2D eigenvalue weighted by Gasteiger charge is 2.59. The highest BCUT2D eigenvalue weighted by Crippen LogP contribution is 2.57. The van der Waals surface area contributed by atoms with E-state index in [9.17, 15) is 9.90 Å². The molecule has 0 aromatic carbocycles. The van der Waals surface area contributed by atoms with Crippen molar-refractivity contribution in [3.63, 3.8) is 0 Å². The molecule has 1 aliphatic heterocycles. The molecule has 0 radical (unpaired) electrons. The number of likely N-dealkylation sites (tertiary alicyclic amines) is 1. The summed E-state index contributed by atoms with van der Waals surface area (Å²) in [7, 11) is 0. The Morgan fingerprint density at radius 3 is 2.50 bits per heavy atom. The van der Waals surface area contributed by atoms with Crippen LogP contribution in [0.1, 0.15) is 31.5 Å². The van der Waals surface area contributed by atoms with E-state index in [4.69, 9.17) is 9.63 Å². The lowest BCUT2D eigenvalue weighted by atomic mass is 10.1. The van der Waals surface area contributed by atoms with Gasteiger partial charge >= 0.3 is 6.09 Å². The lowest BCUT2D eigenvalue weighted by molar-refractivity contribution is 0.0420. The third kappa shape index (κ3) is 1.66. The maximum Gasteiger partial charge on any atom is 0.407 e. The first-order valence-corrected chi connectivity index (χ1v) is 5.92.